The van der Waals surface area contributed by atoms with Crippen LogP contribution in [0.1, 0.15) is 187 Å². The van der Waals surface area contributed by atoms with Crippen molar-refractivity contribution in [2.45, 2.75) is 205 Å². The van der Waals surface area contributed by atoms with Gasteiger partial charge in [-0.15, -0.1) is 0 Å². The molecule has 0 saturated carbocycles. The quantitative estimate of drug-likeness (QED) is 0.0419. The van der Waals surface area contributed by atoms with E-state index in [-0.39, 0.29) is 12.5 Å². The maximum Gasteiger partial charge on any atom is 0.220 e. The summed E-state index contributed by atoms with van der Waals surface area (Å²) in [5.74, 6) is -0.169. The fraction of sp³-hybridized carbons (Fsp3) is 0.825. The lowest BCUT2D eigenvalue weighted by Gasteiger charge is -2.26. The first kappa shape index (κ1) is 43.6. The zero-order valence-electron chi connectivity index (χ0n) is 29.7. The van der Waals surface area contributed by atoms with Crippen molar-refractivity contribution in [2.75, 3.05) is 6.61 Å². The molecule has 5 nitrogen and oxygen atoms in total. The lowest BCUT2D eigenvalue weighted by molar-refractivity contribution is -0.124. The first-order chi connectivity index (χ1) is 22.1. The van der Waals surface area contributed by atoms with Gasteiger partial charge in [0.2, 0.25) is 5.91 Å². The highest BCUT2D eigenvalue weighted by atomic mass is 16.3. The molecule has 1 amide bonds. The predicted molar refractivity (Wildman–Crippen MR) is 194 cm³/mol. The largest absolute Gasteiger partial charge is 0.394 e. The molecule has 0 aromatic rings. The Hall–Kier alpha value is -1.43. The van der Waals surface area contributed by atoms with Gasteiger partial charge >= 0.3 is 0 Å². The van der Waals surface area contributed by atoms with Gasteiger partial charge in [0.1, 0.15) is 6.10 Å². The SMILES string of the molecule is CCCCCCCC/C=C/CC/C=C/CCCC(O)C(O)C(CO)NC(=O)CCCCCCC/C=C\CCCCCCCCC. The summed E-state index contributed by atoms with van der Waals surface area (Å²) in [6, 6.07) is -0.834. The number of aliphatic hydroxyl groups is 3. The molecule has 3 unspecified atom stereocenters. The minimum absolute atomic E-state index is 0.169. The smallest absolute Gasteiger partial charge is 0.220 e. The predicted octanol–water partition coefficient (Wildman–Crippen LogP) is 10.4. The second-order valence-corrected chi connectivity index (χ2v) is 13.1. The fourth-order valence-electron chi connectivity index (χ4n) is 5.64. The molecule has 0 aromatic heterocycles. The lowest BCUT2D eigenvalue weighted by Crippen LogP contribution is -2.50. The van der Waals surface area contributed by atoms with Gasteiger partial charge in [-0.2, -0.15) is 0 Å². The lowest BCUT2D eigenvalue weighted by atomic mass is 10.0. The Morgan fingerprint density at radius 2 is 0.911 bits per heavy atom. The van der Waals surface area contributed by atoms with E-state index >= 15 is 0 Å². The van der Waals surface area contributed by atoms with Crippen LogP contribution in [0.5, 0.6) is 0 Å². The normalized spacial score (nSPS) is 14.2. The van der Waals surface area contributed by atoms with Gasteiger partial charge in [0.05, 0.1) is 18.8 Å². The fourth-order valence-corrected chi connectivity index (χ4v) is 5.64. The number of carbonyl (C=O) groups is 1. The summed E-state index contributed by atoms with van der Waals surface area (Å²) < 4.78 is 0. The molecular weight excluding hydrogens is 558 g/mol. The summed E-state index contributed by atoms with van der Waals surface area (Å²) in [6.45, 7) is 4.13. The Balaban J connectivity index is 3.77. The molecule has 5 heteroatoms. The molecule has 0 aliphatic rings. The summed E-state index contributed by atoms with van der Waals surface area (Å²) in [5, 5.41) is 33.3. The van der Waals surface area contributed by atoms with Crippen molar-refractivity contribution in [3.05, 3.63) is 36.5 Å². The molecule has 264 valence electrons. The molecule has 0 fully saturated rings. The number of allylic oxidation sites excluding steroid dienone is 6. The topological polar surface area (TPSA) is 89.8 Å². The maximum absolute atomic E-state index is 12.4. The van der Waals surface area contributed by atoms with Crippen LogP contribution < -0.4 is 5.32 Å². The zero-order chi connectivity index (χ0) is 33.1. The van der Waals surface area contributed by atoms with E-state index in [0.29, 0.717) is 12.8 Å². The third-order valence-corrected chi connectivity index (χ3v) is 8.69. The van der Waals surface area contributed by atoms with Gasteiger partial charge in [0.15, 0.2) is 0 Å². The molecule has 0 spiro atoms. The van der Waals surface area contributed by atoms with Gasteiger partial charge in [0.25, 0.3) is 0 Å². The van der Waals surface area contributed by atoms with Crippen LogP contribution in [0.3, 0.4) is 0 Å². The number of unbranched alkanes of at least 4 members (excludes halogenated alkanes) is 20. The summed E-state index contributed by atoms with van der Waals surface area (Å²) in [5.41, 5.74) is 0. The number of aliphatic hydroxyl groups excluding tert-OH is 3. The van der Waals surface area contributed by atoms with E-state index in [2.05, 4.69) is 55.6 Å². The monoisotopic (exact) mass is 634 g/mol. The van der Waals surface area contributed by atoms with Gasteiger partial charge in [0, 0.05) is 6.42 Å². The van der Waals surface area contributed by atoms with Gasteiger partial charge in [-0.3, -0.25) is 4.79 Å². The van der Waals surface area contributed by atoms with Crippen LogP contribution in [0.25, 0.3) is 0 Å². The molecule has 0 aliphatic heterocycles. The number of amides is 1. The van der Waals surface area contributed by atoms with E-state index in [0.717, 1.165) is 51.4 Å². The van der Waals surface area contributed by atoms with E-state index < -0.39 is 18.2 Å². The summed E-state index contributed by atoms with van der Waals surface area (Å²) in [4.78, 5) is 12.4. The molecule has 0 radical (unpaired) electrons. The van der Waals surface area contributed by atoms with Crippen molar-refractivity contribution in [2.24, 2.45) is 0 Å². The van der Waals surface area contributed by atoms with Crippen LogP contribution in [-0.2, 0) is 4.79 Å². The first-order valence-corrected chi connectivity index (χ1v) is 19.3. The highest BCUT2D eigenvalue weighted by Gasteiger charge is 2.26. The Kier molecular flexibility index (Phi) is 34.3. The molecular formula is C40H75NO4. The Morgan fingerprint density at radius 1 is 0.533 bits per heavy atom. The van der Waals surface area contributed by atoms with E-state index in [1.807, 2.05) is 0 Å². The first-order valence-electron chi connectivity index (χ1n) is 19.3. The highest BCUT2D eigenvalue weighted by molar-refractivity contribution is 5.76. The molecule has 0 saturated heterocycles. The average Bonchev–Trinajstić information content (AvgIpc) is 3.04. The standard InChI is InChI=1S/C40H75NO4/c1-3-5-7-9-11-13-15-17-19-21-23-25-27-29-31-33-35-39(44)41-37(36-42)40(45)38(43)34-32-30-28-26-24-22-20-18-16-14-12-10-8-6-4-2/h18-21,26,28,37-38,40,42-43,45H,3-17,22-25,27,29-36H2,1-2H3,(H,41,44)/b20-18+,21-19-,28-26+. The molecule has 0 rings (SSSR count). The van der Waals surface area contributed by atoms with E-state index in [9.17, 15) is 20.1 Å². The van der Waals surface area contributed by atoms with Crippen LogP contribution >= 0.6 is 0 Å². The van der Waals surface area contributed by atoms with E-state index in [1.165, 1.54) is 109 Å². The van der Waals surface area contributed by atoms with Crippen LogP contribution in [-0.4, -0.2) is 46.1 Å². The number of rotatable bonds is 34. The van der Waals surface area contributed by atoms with Crippen LogP contribution in [0, 0.1) is 0 Å². The summed E-state index contributed by atoms with van der Waals surface area (Å²) >= 11 is 0. The minimum atomic E-state index is -1.17. The molecule has 0 aliphatic carbocycles. The molecule has 4 N–H and O–H groups in total. The van der Waals surface area contributed by atoms with Gasteiger partial charge in [-0.05, 0) is 77.0 Å². The second kappa shape index (κ2) is 35.4. The van der Waals surface area contributed by atoms with Gasteiger partial charge < -0.3 is 20.6 Å². The summed E-state index contributed by atoms with van der Waals surface area (Å²) in [6.07, 6.45) is 42.3. The van der Waals surface area contributed by atoms with Crippen molar-refractivity contribution >= 4 is 5.91 Å². The van der Waals surface area contributed by atoms with Crippen molar-refractivity contribution in [1.29, 1.82) is 0 Å². The van der Waals surface area contributed by atoms with E-state index in [4.69, 9.17) is 0 Å². The molecule has 45 heavy (non-hydrogen) atoms. The van der Waals surface area contributed by atoms with Crippen molar-refractivity contribution < 1.29 is 20.1 Å². The molecule has 3 atom stereocenters. The zero-order valence-corrected chi connectivity index (χ0v) is 29.7. The third-order valence-electron chi connectivity index (χ3n) is 8.69. The van der Waals surface area contributed by atoms with Crippen LogP contribution in [0.4, 0.5) is 0 Å². The average molecular weight is 634 g/mol. The Labute approximate surface area is 279 Å². The highest BCUT2D eigenvalue weighted by Crippen LogP contribution is 2.13. The minimum Gasteiger partial charge on any atom is -0.394 e. The van der Waals surface area contributed by atoms with Crippen molar-refractivity contribution in [3.8, 4) is 0 Å². The number of carbonyl (C=O) groups excluding carboxylic acids is 1. The Morgan fingerprint density at radius 3 is 1.36 bits per heavy atom. The van der Waals surface area contributed by atoms with Crippen LogP contribution in [0.2, 0.25) is 0 Å². The number of hydrogen-bond acceptors (Lipinski definition) is 4. The van der Waals surface area contributed by atoms with Crippen LogP contribution in [0.15, 0.2) is 36.5 Å². The second-order valence-electron chi connectivity index (χ2n) is 13.1. The van der Waals surface area contributed by atoms with Gasteiger partial charge in [-0.1, -0.05) is 140 Å². The van der Waals surface area contributed by atoms with Crippen molar-refractivity contribution in [1.82, 2.24) is 5.32 Å². The summed E-state index contributed by atoms with van der Waals surface area (Å²) in [7, 11) is 0. The Bertz CT molecular complexity index is 704. The van der Waals surface area contributed by atoms with Crippen molar-refractivity contribution in [3.63, 3.8) is 0 Å². The van der Waals surface area contributed by atoms with Gasteiger partial charge in [-0.25, -0.2) is 0 Å². The molecule has 0 heterocycles. The molecule has 0 aromatic carbocycles. The maximum atomic E-state index is 12.4. The van der Waals surface area contributed by atoms with E-state index in [1.54, 1.807) is 0 Å². The number of hydrogen-bond donors (Lipinski definition) is 4. The third kappa shape index (κ3) is 31.0. The number of nitrogens with one attached hydrogen (secondary N) is 1. The molecule has 0 bridgehead atoms.